The van der Waals surface area contributed by atoms with E-state index in [0.717, 1.165) is 11.4 Å². The predicted octanol–water partition coefficient (Wildman–Crippen LogP) is 3.52. The van der Waals surface area contributed by atoms with Gasteiger partial charge in [-0.05, 0) is 31.0 Å². The van der Waals surface area contributed by atoms with Gasteiger partial charge in [0.2, 0.25) is 0 Å². The Kier molecular flexibility index (Phi) is 5.21. The Morgan fingerprint density at radius 2 is 2.00 bits per heavy atom. The molecule has 0 saturated heterocycles. The number of hydrogen-bond acceptors (Lipinski definition) is 5. The molecule has 0 aliphatic carbocycles. The highest BCUT2D eigenvalue weighted by Crippen LogP contribution is 2.25. The van der Waals surface area contributed by atoms with Crippen molar-refractivity contribution in [2.75, 3.05) is 25.0 Å². The summed E-state index contributed by atoms with van der Waals surface area (Å²) < 4.78 is 5.28. The maximum absolute atomic E-state index is 12.8. The molecule has 0 unspecified atom stereocenters. The van der Waals surface area contributed by atoms with E-state index in [1.54, 1.807) is 0 Å². The molecule has 3 aromatic rings. The molecule has 136 valence electrons. The van der Waals surface area contributed by atoms with E-state index < -0.39 is 0 Å². The van der Waals surface area contributed by atoms with Gasteiger partial charge in [-0.25, -0.2) is 4.98 Å². The van der Waals surface area contributed by atoms with E-state index in [1.807, 2.05) is 64.2 Å². The van der Waals surface area contributed by atoms with Crippen LogP contribution in [0, 0.1) is 6.92 Å². The Balaban J connectivity index is 1.74. The largest absolute Gasteiger partial charge is 0.373 e. The molecule has 2 aromatic heterocycles. The SMILES string of the molecule is Cc1noc2nc(C(C)C)cc(C(=O)NCCN(C)c3ccccc3)c12. The van der Waals surface area contributed by atoms with E-state index in [9.17, 15) is 4.79 Å². The summed E-state index contributed by atoms with van der Waals surface area (Å²) >= 11 is 0. The Hall–Kier alpha value is -2.89. The van der Waals surface area contributed by atoms with Crippen LogP contribution in [-0.4, -0.2) is 36.2 Å². The second-order valence-corrected chi connectivity index (χ2v) is 6.71. The fraction of sp³-hybridized carbons (Fsp3) is 0.350. The van der Waals surface area contributed by atoms with Crippen LogP contribution in [0.4, 0.5) is 5.69 Å². The topological polar surface area (TPSA) is 71.3 Å². The summed E-state index contributed by atoms with van der Waals surface area (Å²) in [5.74, 6) is 0.0626. The number of fused-ring (bicyclic) bond motifs is 1. The highest BCUT2D eigenvalue weighted by Gasteiger charge is 2.19. The van der Waals surface area contributed by atoms with Crippen LogP contribution < -0.4 is 10.2 Å². The number of anilines is 1. The Labute approximate surface area is 153 Å². The molecule has 6 nitrogen and oxygen atoms in total. The number of carbonyl (C=O) groups is 1. The molecule has 1 N–H and O–H groups in total. The molecule has 0 fully saturated rings. The average Bonchev–Trinajstić information content (AvgIpc) is 3.02. The van der Waals surface area contributed by atoms with Gasteiger partial charge >= 0.3 is 0 Å². The molecule has 0 atom stereocenters. The maximum atomic E-state index is 12.8. The highest BCUT2D eigenvalue weighted by molar-refractivity contribution is 6.06. The number of carbonyl (C=O) groups excluding carboxylic acids is 1. The summed E-state index contributed by atoms with van der Waals surface area (Å²) in [7, 11) is 2.01. The van der Waals surface area contributed by atoms with Gasteiger partial charge in [0.05, 0.1) is 16.6 Å². The van der Waals surface area contributed by atoms with E-state index in [0.29, 0.717) is 35.4 Å². The summed E-state index contributed by atoms with van der Waals surface area (Å²) in [6.07, 6.45) is 0. The second-order valence-electron chi connectivity index (χ2n) is 6.71. The number of likely N-dealkylation sites (N-methyl/N-ethyl adjacent to an activating group) is 1. The van der Waals surface area contributed by atoms with Gasteiger partial charge in [0.1, 0.15) is 0 Å². The summed E-state index contributed by atoms with van der Waals surface area (Å²) in [6.45, 7) is 7.14. The van der Waals surface area contributed by atoms with Gasteiger partial charge in [0.15, 0.2) is 0 Å². The van der Waals surface area contributed by atoms with Crippen LogP contribution in [-0.2, 0) is 0 Å². The number of rotatable bonds is 6. The lowest BCUT2D eigenvalue weighted by atomic mass is 10.0. The fourth-order valence-corrected chi connectivity index (χ4v) is 2.83. The summed E-state index contributed by atoms with van der Waals surface area (Å²) in [4.78, 5) is 19.3. The number of para-hydroxylation sites is 1. The van der Waals surface area contributed by atoms with Crippen molar-refractivity contribution in [3.8, 4) is 0 Å². The molecule has 3 rings (SSSR count). The molecule has 0 radical (unpaired) electrons. The zero-order valence-electron chi connectivity index (χ0n) is 15.6. The summed E-state index contributed by atoms with van der Waals surface area (Å²) in [5, 5.41) is 7.64. The van der Waals surface area contributed by atoms with Gasteiger partial charge in [-0.2, -0.15) is 0 Å². The number of nitrogens with one attached hydrogen (secondary N) is 1. The Morgan fingerprint density at radius 1 is 1.27 bits per heavy atom. The monoisotopic (exact) mass is 352 g/mol. The first-order valence-corrected chi connectivity index (χ1v) is 8.78. The number of benzene rings is 1. The fourth-order valence-electron chi connectivity index (χ4n) is 2.83. The quantitative estimate of drug-likeness (QED) is 0.735. The zero-order chi connectivity index (χ0) is 18.7. The normalized spacial score (nSPS) is 11.1. The van der Waals surface area contributed by atoms with Gasteiger partial charge in [-0.3, -0.25) is 4.79 Å². The molecule has 0 aliphatic rings. The van der Waals surface area contributed by atoms with Crippen molar-refractivity contribution in [2.24, 2.45) is 0 Å². The Morgan fingerprint density at radius 3 is 2.69 bits per heavy atom. The Bertz CT molecular complexity index is 903. The van der Waals surface area contributed by atoms with E-state index in [4.69, 9.17) is 4.52 Å². The van der Waals surface area contributed by atoms with Gasteiger partial charge in [-0.1, -0.05) is 37.2 Å². The van der Waals surface area contributed by atoms with Crippen LogP contribution in [0.25, 0.3) is 11.1 Å². The average molecular weight is 352 g/mol. The molecular weight excluding hydrogens is 328 g/mol. The van der Waals surface area contributed by atoms with Gasteiger partial charge in [0.25, 0.3) is 11.6 Å². The molecule has 1 aromatic carbocycles. The summed E-state index contributed by atoms with van der Waals surface area (Å²) in [5.41, 5.74) is 3.60. The smallest absolute Gasteiger partial charge is 0.259 e. The second kappa shape index (κ2) is 7.56. The van der Waals surface area contributed by atoms with Crippen molar-refractivity contribution < 1.29 is 9.32 Å². The first-order chi connectivity index (χ1) is 12.5. The van der Waals surface area contributed by atoms with E-state index in [2.05, 4.69) is 20.4 Å². The molecule has 0 aliphatic heterocycles. The number of nitrogens with zero attached hydrogens (tertiary/aromatic N) is 3. The standard InChI is InChI=1S/C20H24N4O2/c1-13(2)17-12-16(18-14(3)23-26-20(18)22-17)19(25)21-10-11-24(4)15-8-6-5-7-9-15/h5-9,12-13H,10-11H2,1-4H3,(H,21,25). The van der Waals surface area contributed by atoms with Crippen LogP contribution in [0.1, 0.15) is 41.5 Å². The number of aromatic nitrogens is 2. The van der Waals surface area contributed by atoms with Crippen molar-refractivity contribution in [1.29, 1.82) is 0 Å². The van der Waals surface area contributed by atoms with E-state index in [-0.39, 0.29) is 11.8 Å². The van der Waals surface area contributed by atoms with Gasteiger partial charge in [0, 0.05) is 31.5 Å². The number of amides is 1. The molecule has 0 bridgehead atoms. The third kappa shape index (κ3) is 3.69. The van der Waals surface area contributed by atoms with Crippen LogP contribution in [0.15, 0.2) is 40.9 Å². The minimum Gasteiger partial charge on any atom is -0.373 e. The van der Waals surface area contributed by atoms with Crippen LogP contribution >= 0.6 is 0 Å². The van der Waals surface area contributed by atoms with E-state index >= 15 is 0 Å². The lowest BCUT2D eigenvalue weighted by Crippen LogP contribution is -2.33. The number of pyridine rings is 1. The van der Waals surface area contributed by atoms with Crippen molar-refractivity contribution in [1.82, 2.24) is 15.5 Å². The molecule has 0 saturated carbocycles. The molecule has 0 spiro atoms. The lowest BCUT2D eigenvalue weighted by molar-refractivity contribution is 0.0956. The van der Waals surface area contributed by atoms with Crippen molar-refractivity contribution in [3.05, 3.63) is 53.3 Å². The van der Waals surface area contributed by atoms with Crippen LogP contribution in [0.5, 0.6) is 0 Å². The molecule has 6 heteroatoms. The molecular formula is C20H24N4O2. The molecule has 2 heterocycles. The third-order valence-corrected chi connectivity index (χ3v) is 4.40. The summed E-state index contributed by atoms with van der Waals surface area (Å²) in [6, 6.07) is 11.9. The zero-order valence-corrected chi connectivity index (χ0v) is 15.6. The molecule has 1 amide bonds. The minimum atomic E-state index is -0.132. The minimum absolute atomic E-state index is 0.132. The van der Waals surface area contributed by atoms with Crippen molar-refractivity contribution in [3.63, 3.8) is 0 Å². The van der Waals surface area contributed by atoms with Crippen molar-refractivity contribution >= 4 is 22.7 Å². The van der Waals surface area contributed by atoms with Crippen LogP contribution in [0.2, 0.25) is 0 Å². The predicted molar refractivity (Wildman–Crippen MR) is 103 cm³/mol. The molecule has 26 heavy (non-hydrogen) atoms. The van der Waals surface area contributed by atoms with Crippen molar-refractivity contribution in [2.45, 2.75) is 26.7 Å². The highest BCUT2D eigenvalue weighted by atomic mass is 16.5. The maximum Gasteiger partial charge on any atom is 0.259 e. The first-order valence-electron chi connectivity index (χ1n) is 8.78. The van der Waals surface area contributed by atoms with E-state index in [1.165, 1.54) is 0 Å². The van der Waals surface area contributed by atoms with Gasteiger partial charge < -0.3 is 14.7 Å². The van der Waals surface area contributed by atoms with Gasteiger partial charge in [-0.15, -0.1) is 0 Å². The van der Waals surface area contributed by atoms with Crippen LogP contribution in [0.3, 0.4) is 0 Å². The third-order valence-electron chi connectivity index (χ3n) is 4.40. The lowest BCUT2D eigenvalue weighted by Gasteiger charge is -2.19. The first kappa shape index (κ1) is 17.9. The number of aryl methyl sites for hydroxylation is 1. The number of hydrogen-bond donors (Lipinski definition) is 1.